The minimum atomic E-state index is -3.36. The Hall–Kier alpha value is -0.870. The molecule has 0 aromatic heterocycles. The molecule has 4 heteroatoms. The van der Waals surface area contributed by atoms with Crippen LogP contribution in [0.25, 0.3) is 0 Å². The lowest BCUT2D eigenvalue weighted by molar-refractivity contribution is 0.549. The zero-order valence-corrected chi connectivity index (χ0v) is 17.2. The van der Waals surface area contributed by atoms with Gasteiger partial charge in [0.05, 0.1) is 4.90 Å². The van der Waals surface area contributed by atoms with E-state index in [-0.39, 0.29) is 0 Å². The van der Waals surface area contributed by atoms with Gasteiger partial charge in [-0.25, -0.2) is 13.1 Å². The van der Waals surface area contributed by atoms with E-state index in [1.807, 2.05) is 12.1 Å². The van der Waals surface area contributed by atoms with Crippen LogP contribution >= 0.6 is 0 Å². The van der Waals surface area contributed by atoms with Crippen LogP contribution in [0.5, 0.6) is 0 Å². The third kappa shape index (κ3) is 9.41. The van der Waals surface area contributed by atoms with Crippen LogP contribution in [0.2, 0.25) is 0 Å². The minimum Gasteiger partial charge on any atom is -0.211 e. The van der Waals surface area contributed by atoms with Crippen LogP contribution in [0.3, 0.4) is 0 Å². The smallest absolute Gasteiger partial charge is 0.211 e. The highest BCUT2D eigenvalue weighted by Gasteiger charge is 2.13. The Morgan fingerprint density at radius 1 is 0.800 bits per heavy atom. The lowest BCUT2D eigenvalue weighted by Crippen LogP contribution is -2.24. The van der Waals surface area contributed by atoms with Gasteiger partial charge in [0.25, 0.3) is 0 Å². The maximum atomic E-state index is 12.3. The zero-order chi connectivity index (χ0) is 18.5. The topological polar surface area (TPSA) is 46.2 Å². The second-order valence-electron chi connectivity index (χ2n) is 7.30. The van der Waals surface area contributed by atoms with Crippen molar-refractivity contribution in [2.75, 3.05) is 6.54 Å². The van der Waals surface area contributed by atoms with Crippen LogP contribution in [-0.2, 0) is 10.0 Å². The first-order valence-electron chi connectivity index (χ1n) is 10.1. The fraction of sp³-hybridized carbons (Fsp3) is 0.714. The summed E-state index contributed by atoms with van der Waals surface area (Å²) in [6.07, 6.45) is 12.6. The number of rotatable bonds is 14. The average Bonchev–Trinajstić information content (AvgIpc) is 2.59. The van der Waals surface area contributed by atoms with Gasteiger partial charge in [-0.05, 0) is 30.0 Å². The van der Waals surface area contributed by atoms with Gasteiger partial charge in [-0.1, -0.05) is 90.7 Å². The fourth-order valence-corrected chi connectivity index (χ4v) is 4.01. The molecule has 1 N–H and O–H groups in total. The Balaban J connectivity index is 2.14. The quantitative estimate of drug-likeness (QED) is 0.409. The zero-order valence-electron chi connectivity index (χ0n) is 16.4. The van der Waals surface area contributed by atoms with Gasteiger partial charge < -0.3 is 0 Å². The number of sulfonamides is 1. The van der Waals surface area contributed by atoms with Gasteiger partial charge in [0.2, 0.25) is 10.0 Å². The van der Waals surface area contributed by atoms with E-state index >= 15 is 0 Å². The summed E-state index contributed by atoms with van der Waals surface area (Å²) >= 11 is 0. The molecule has 1 rings (SSSR count). The molecule has 0 saturated heterocycles. The number of hydrogen-bond donors (Lipinski definition) is 1. The maximum absolute atomic E-state index is 12.3. The second-order valence-corrected chi connectivity index (χ2v) is 9.07. The van der Waals surface area contributed by atoms with Gasteiger partial charge in [0, 0.05) is 6.54 Å². The molecular formula is C21H37NO2S. The molecule has 0 spiro atoms. The van der Waals surface area contributed by atoms with E-state index in [2.05, 4.69) is 25.5 Å². The van der Waals surface area contributed by atoms with Gasteiger partial charge in [0.15, 0.2) is 0 Å². The third-order valence-electron chi connectivity index (χ3n) is 4.68. The lowest BCUT2D eigenvalue weighted by Gasteiger charge is -2.09. The van der Waals surface area contributed by atoms with Gasteiger partial charge in [-0.2, -0.15) is 0 Å². The van der Waals surface area contributed by atoms with Crippen LogP contribution in [0, 0.1) is 0 Å². The molecule has 0 radical (unpaired) electrons. The van der Waals surface area contributed by atoms with E-state index in [0.29, 0.717) is 17.4 Å². The Labute approximate surface area is 155 Å². The molecule has 0 fully saturated rings. The minimum absolute atomic E-state index is 0.365. The molecule has 144 valence electrons. The van der Waals surface area contributed by atoms with Gasteiger partial charge >= 0.3 is 0 Å². The molecule has 0 unspecified atom stereocenters. The highest BCUT2D eigenvalue weighted by molar-refractivity contribution is 7.89. The molecule has 1 aromatic carbocycles. The van der Waals surface area contributed by atoms with Crippen LogP contribution in [0.4, 0.5) is 0 Å². The fourth-order valence-electron chi connectivity index (χ4n) is 2.93. The van der Waals surface area contributed by atoms with Crippen LogP contribution in [-0.4, -0.2) is 15.0 Å². The van der Waals surface area contributed by atoms with E-state index in [4.69, 9.17) is 0 Å². The van der Waals surface area contributed by atoms with Crippen molar-refractivity contribution in [3.63, 3.8) is 0 Å². The highest BCUT2D eigenvalue weighted by atomic mass is 32.2. The summed E-state index contributed by atoms with van der Waals surface area (Å²) in [5.41, 5.74) is 1.16. The van der Waals surface area contributed by atoms with Crippen molar-refractivity contribution in [1.82, 2.24) is 4.72 Å². The van der Waals surface area contributed by atoms with E-state index in [9.17, 15) is 8.42 Å². The first-order chi connectivity index (χ1) is 12.0. The van der Waals surface area contributed by atoms with Gasteiger partial charge in [-0.15, -0.1) is 0 Å². The molecule has 0 aliphatic heterocycles. The van der Waals surface area contributed by atoms with Crippen LogP contribution in [0.15, 0.2) is 29.2 Å². The van der Waals surface area contributed by atoms with Crippen molar-refractivity contribution < 1.29 is 8.42 Å². The average molecular weight is 368 g/mol. The predicted molar refractivity (Wildman–Crippen MR) is 108 cm³/mol. The Bertz CT molecular complexity index is 550. The van der Waals surface area contributed by atoms with E-state index in [0.717, 1.165) is 18.4 Å². The summed E-state index contributed by atoms with van der Waals surface area (Å²) in [6.45, 7) is 6.99. The summed E-state index contributed by atoms with van der Waals surface area (Å²) < 4.78 is 27.2. The maximum Gasteiger partial charge on any atom is 0.240 e. The molecular weight excluding hydrogens is 330 g/mol. The van der Waals surface area contributed by atoms with Crippen molar-refractivity contribution in [2.24, 2.45) is 0 Å². The number of benzene rings is 1. The Morgan fingerprint density at radius 2 is 1.28 bits per heavy atom. The molecule has 25 heavy (non-hydrogen) atoms. The third-order valence-corrected chi connectivity index (χ3v) is 6.16. The lowest BCUT2D eigenvalue weighted by atomic mass is 10.0. The molecule has 0 aliphatic rings. The normalized spacial score (nSPS) is 12.0. The standard InChI is InChI=1S/C21H37NO2S/c1-4-5-6-7-8-9-10-11-12-13-18-22-25(23,24)21-16-14-20(15-17-21)19(2)3/h14-17,19,22H,4-13,18H2,1-3H3. The van der Waals surface area contributed by atoms with Crippen molar-refractivity contribution in [1.29, 1.82) is 0 Å². The molecule has 0 aliphatic carbocycles. The van der Waals surface area contributed by atoms with E-state index < -0.39 is 10.0 Å². The number of hydrogen-bond acceptors (Lipinski definition) is 2. The SMILES string of the molecule is CCCCCCCCCCCCNS(=O)(=O)c1ccc(C(C)C)cc1. The Kier molecular flexibility index (Phi) is 11.1. The monoisotopic (exact) mass is 367 g/mol. The Morgan fingerprint density at radius 3 is 1.76 bits per heavy atom. The summed E-state index contributed by atoms with van der Waals surface area (Å²) in [5.74, 6) is 0.413. The summed E-state index contributed by atoms with van der Waals surface area (Å²) in [5, 5.41) is 0. The van der Waals surface area contributed by atoms with Crippen LogP contribution < -0.4 is 4.72 Å². The molecule has 0 bridgehead atoms. The van der Waals surface area contributed by atoms with E-state index in [1.54, 1.807) is 12.1 Å². The highest BCUT2D eigenvalue weighted by Crippen LogP contribution is 2.17. The molecule has 1 aromatic rings. The predicted octanol–water partition coefficient (Wildman–Crippen LogP) is 6.01. The molecule has 0 heterocycles. The van der Waals surface area contributed by atoms with Crippen molar-refractivity contribution >= 4 is 10.0 Å². The van der Waals surface area contributed by atoms with Crippen molar-refractivity contribution in [3.8, 4) is 0 Å². The number of nitrogens with one attached hydrogen (secondary N) is 1. The van der Waals surface area contributed by atoms with Crippen LogP contribution in [0.1, 0.15) is 96.5 Å². The first-order valence-corrected chi connectivity index (χ1v) is 11.6. The largest absolute Gasteiger partial charge is 0.240 e. The van der Waals surface area contributed by atoms with Gasteiger partial charge in [0.1, 0.15) is 0 Å². The first kappa shape index (κ1) is 22.2. The summed E-state index contributed by atoms with van der Waals surface area (Å²) in [6, 6.07) is 7.21. The van der Waals surface area contributed by atoms with Gasteiger partial charge in [-0.3, -0.25) is 0 Å². The second kappa shape index (κ2) is 12.5. The molecule has 0 atom stereocenters. The summed E-state index contributed by atoms with van der Waals surface area (Å²) in [4.78, 5) is 0.365. The molecule has 0 saturated carbocycles. The van der Waals surface area contributed by atoms with Crippen molar-refractivity contribution in [3.05, 3.63) is 29.8 Å². The van der Waals surface area contributed by atoms with Crippen molar-refractivity contribution in [2.45, 2.75) is 95.8 Å². The molecule has 3 nitrogen and oxygen atoms in total. The van der Waals surface area contributed by atoms with E-state index in [1.165, 1.54) is 51.4 Å². The molecule has 0 amide bonds. The summed E-state index contributed by atoms with van der Waals surface area (Å²) in [7, 11) is -3.36. The number of unbranched alkanes of at least 4 members (excludes halogenated alkanes) is 9.